The molecule has 1 rings (SSSR count). The van der Waals surface area contributed by atoms with Crippen molar-refractivity contribution in [3.8, 4) is 0 Å². The lowest BCUT2D eigenvalue weighted by molar-refractivity contribution is 0.200. The van der Waals surface area contributed by atoms with Crippen LogP contribution in [0.15, 0.2) is 0 Å². The highest BCUT2D eigenvalue weighted by Crippen LogP contribution is 2.62. The molecule has 0 aromatic heterocycles. The molecule has 126 valence electrons. The lowest BCUT2D eigenvalue weighted by Crippen LogP contribution is -2.50. The van der Waals surface area contributed by atoms with Gasteiger partial charge in [-0.05, 0) is 57.2 Å². The first-order chi connectivity index (χ1) is 9.48. The summed E-state index contributed by atoms with van der Waals surface area (Å²) in [6.45, 7) is 2.46. The summed E-state index contributed by atoms with van der Waals surface area (Å²) in [6, 6.07) is 0. The Morgan fingerprint density at radius 3 is 2.24 bits per heavy atom. The molecule has 0 bridgehead atoms. The van der Waals surface area contributed by atoms with Crippen molar-refractivity contribution in [1.29, 1.82) is 0 Å². The lowest BCUT2D eigenvalue weighted by Gasteiger charge is -2.41. The van der Waals surface area contributed by atoms with Crippen molar-refractivity contribution < 1.29 is 28.7 Å². The van der Waals surface area contributed by atoms with E-state index >= 15 is 0 Å². The second kappa shape index (κ2) is 7.45. The first-order valence-electron chi connectivity index (χ1n) is 6.94. The largest absolute Gasteiger partial charge is 0.340 e. The molecule has 0 amide bonds. The molecule has 2 unspecified atom stereocenters. The number of rotatable bonds is 7. The summed E-state index contributed by atoms with van der Waals surface area (Å²) in [5.41, 5.74) is -0.662. The summed E-state index contributed by atoms with van der Waals surface area (Å²) in [6.07, 6.45) is 3.33. The van der Waals surface area contributed by atoms with Crippen molar-refractivity contribution in [3.63, 3.8) is 0 Å². The molecule has 2 atom stereocenters. The van der Waals surface area contributed by atoms with Crippen LogP contribution in [-0.4, -0.2) is 42.8 Å². The molecule has 21 heavy (non-hydrogen) atoms. The van der Waals surface area contributed by atoms with E-state index in [9.17, 15) is 28.7 Å². The molecule has 0 aromatic rings. The minimum Gasteiger partial charge on any atom is -0.324 e. The maximum Gasteiger partial charge on any atom is 0.340 e. The molecule has 0 aromatic carbocycles. The molecule has 0 spiro atoms. The van der Waals surface area contributed by atoms with E-state index in [1.807, 2.05) is 0 Å². The van der Waals surface area contributed by atoms with Crippen LogP contribution in [0.5, 0.6) is 0 Å². The molecule has 10 heteroatoms. The monoisotopic (exact) mass is 361 g/mol. The van der Waals surface area contributed by atoms with Crippen LogP contribution in [-0.2, 0) is 9.13 Å². The van der Waals surface area contributed by atoms with Gasteiger partial charge in [0, 0.05) is 5.54 Å². The highest BCUT2D eigenvalue weighted by Gasteiger charge is 2.47. The van der Waals surface area contributed by atoms with E-state index in [4.69, 9.17) is 0 Å². The van der Waals surface area contributed by atoms with Crippen LogP contribution < -0.4 is 5.32 Å². The molecule has 1 aliphatic rings. The molecule has 0 aliphatic carbocycles. The van der Waals surface area contributed by atoms with Gasteiger partial charge in [-0.15, -0.1) is 0 Å². The Bertz CT molecular complexity index is 406. The van der Waals surface area contributed by atoms with Gasteiger partial charge in [0.1, 0.15) is 0 Å². The fraction of sp³-hybridized carbons (Fsp3) is 1.00. The Labute approximate surface area is 130 Å². The van der Waals surface area contributed by atoms with Crippen LogP contribution in [0, 0.1) is 5.92 Å². The first kappa shape index (κ1) is 19.7. The number of hydrogen-bond acceptors (Lipinski definition) is 4. The summed E-state index contributed by atoms with van der Waals surface area (Å²) >= 11 is 4.17. The van der Waals surface area contributed by atoms with Gasteiger partial charge in [-0.2, -0.15) is 12.6 Å². The normalized spacial score (nSPS) is 28.0. The van der Waals surface area contributed by atoms with Crippen LogP contribution >= 0.6 is 27.8 Å². The predicted molar refractivity (Wildman–Crippen MR) is 84.7 cm³/mol. The minimum absolute atomic E-state index is 0.235. The second-order valence-corrected chi connectivity index (χ2v) is 10.5. The average molecular weight is 361 g/mol. The van der Waals surface area contributed by atoms with Gasteiger partial charge in [-0.3, -0.25) is 9.13 Å². The van der Waals surface area contributed by atoms with Gasteiger partial charge in [-0.1, -0.05) is 0 Å². The van der Waals surface area contributed by atoms with Crippen LogP contribution in [0.4, 0.5) is 0 Å². The summed E-state index contributed by atoms with van der Waals surface area (Å²) in [4.78, 5) is 36.8. The summed E-state index contributed by atoms with van der Waals surface area (Å²) in [7, 11) is -9.71. The zero-order chi connectivity index (χ0) is 16.3. The second-order valence-electron chi connectivity index (χ2n) is 6.08. The van der Waals surface area contributed by atoms with Crippen molar-refractivity contribution in [2.24, 2.45) is 5.92 Å². The number of piperidine rings is 1. The van der Waals surface area contributed by atoms with Crippen LogP contribution in [0.3, 0.4) is 0 Å². The lowest BCUT2D eigenvalue weighted by atomic mass is 9.82. The fourth-order valence-corrected chi connectivity index (χ4v) is 5.77. The summed E-state index contributed by atoms with van der Waals surface area (Å²) in [5, 5.41) is 1.28. The van der Waals surface area contributed by atoms with Gasteiger partial charge in [0.25, 0.3) is 0 Å². The number of hydrogen-bond donors (Lipinski definition) is 6. The van der Waals surface area contributed by atoms with Gasteiger partial charge < -0.3 is 24.9 Å². The Morgan fingerprint density at radius 1 is 1.29 bits per heavy atom. The molecule has 1 aliphatic heterocycles. The fourth-order valence-electron chi connectivity index (χ4n) is 2.74. The smallest absolute Gasteiger partial charge is 0.324 e. The third-order valence-electron chi connectivity index (χ3n) is 4.10. The van der Waals surface area contributed by atoms with E-state index in [0.717, 1.165) is 25.0 Å². The van der Waals surface area contributed by atoms with Crippen LogP contribution in [0.1, 0.15) is 39.0 Å². The van der Waals surface area contributed by atoms with E-state index in [1.54, 1.807) is 6.92 Å². The zero-order valence-corrected chi connectivity index (χ0v) is 14.7. The van der Waals surface area contributed by atoms with Gasteiger partial charge in [0.05, 0.1) is 0 Å². The molecule has 7 nitrogen and oxygen atoms in total. The van der Waals surface area contributed by atoms with Gasteiger partial charge in [-0.25, -0.2) is 0 Å². The highest BCUT2D eigenvalue weighted by atomic mass is 32.1. The highest BCUT2D eigenvalue weighted by molar-refractivity contribution is 7.80. The van der Waals surface area contributed by atoms with E-state index in [-0.39, 0.29) is 6.42 Å². The Hall–Kier alpha value is 0.610. The Kier molecular flexibility index (Phi) is 6.98. The van der Waals surface area contributed by atoms with E-state index in [1.165, 1.54) is 0 Å². The Balaban J connectivity index is 2.69. The molecular weight excluding hydrogens is 336 g/mol. The molecule has 5 N–H and O–H groups in total. The number of nitrogens with one attached hydrogen (secondary N) is 1. The summed E-state index contributed by atoms with van der Waals surface area (Å²) in [5.74, 6) is 1.31. The standard InChI is InChI=1S/C11H25NO6P2S/c1-11(5-4-9(8-12-11)3-2-6-21)7-10(19(13,14)15)20(16,17)18/h9-10,12,21H,2-8H2,1H3,(H2,13,14,15)(H2,16,17,18). The van der Waals surface area contributed by atoms with Gasteiger partial charge in [0.2, 0.25) is 0 Å². The van der Waals surface area contributed by atoms with Crippen molar-refractivity contribution in [1.82, 2.24) is 5.32 Å². The number of thiol groups is 1. The molecule has 0 radical (unpaired) electrons. The van der Waals surface area contributed by atoms with Crippen molar-refractivity contribution >= 4 is 27.8 Å². The van der Waals surface area contributed by atoms with Crippen molar-refractivity contribution in [2.45, 2.75) is 50.0 Å². The predicted octanol–water partition coefficient (Wildman–Crippen LogP) is 1.53. The van der Waals surface area contributed by atoms with Crippen molar-refractivity contribution in [2.75, 3.05) is 12.3 Å². The van der Waals surface area contributed by atoms with E-state index in [2.05, 4.69) is 17.9 Å². The van der Waals surface area contributed by atoms with Crippen molar-refractivity contribution in [3.05, 3.63) is 0 Å². The maximum absolute atomic E-state index is 11.4. The van der Waals surface area contributed by atoms with Crippen LogP contribution in [0.2, 0.25) is 0 Å². The molecular formula is C11H25NO6P2S. The molecule has 1 fully saturated rings. The molecule has 0 saturated carbocycles. The van der Waals surface area contributed by atoms with Crippen LogP contribution in [0.25, 0.3) is 0 Å². The minimum atomic E-state index is -4.85. The third-order valence-corrected chi connectivity index (χ3v) is 8.14. The maximum atomic E-state index is 11.4. The SMILES string of the molecule is CC1(CC(P(=O)(O)O)P(=O)(O)O)CCC(CCCS)CN1. The van der Waals surface area contributed by atoms with Gasteiger partial charge >= 0.3 is 15.2 Å². The Morgan fingerprint density at radius 2 is 1.86 bits per heavy atom. The molecule has 1 heterocycles. The quantitative estimate of drug-likeness (QED) is 0.300. The third kappa shape index (κ3) is 6.32. The zero-order valence-electron chi connectivity index (χ0n) is 12.1. The summed E-state index contributed by atoms with van der Waals surface area (Å²) < 4.78 is 22.7. The van der Waals surface area contributed by atoms with E-state index < -0.39 is 26.1 Å². The average Bonchev–Trinajstić information content (AvgIpc) is 2.33. The van der Waals surface area contributed by atoms with Gasteiger partial charge in [0.15, 0.2) is 5.40 Å². The topological polar surface area (TPSA) is 127 Å². The first-order valence-corrected chi connectivity index (χ1v) is 10.9. The molecule has 1 saturated heterocycles. The van der Waals surface area contributed by atoms with E-state index in [0.29, 0.717) is 18.9 Å².